The molecule has 0 saturated heterocycles. The molecule has 1 atom stereocenters. The second-order valence-corrected chi connectivity index (χ2v) is 8.88. The van der Waals surface area contributed by atoms with Crippen LogP contribution in [0, 0.1) is 5.41 Å². The van der Waals surface area contributed by atoms with Crippen LogP contribution in [0.15, 0.2) is 41.5 Å². The predicted molar refractivity (Wildman–Crippen MR) is 126 cm³/mol. The Labute approximate surface area is 218 Å². The van der Waals surface area contributed by atoms with Gasteiger partial charge >= 0.3 is 18.3 Å². The quantitative estimate of drug-likeness (QED) is 0.348. The fraction of sp³-hybridized carbons (Fsp3) is 0.375. The van der Waals surface area contributed by atoms with Gasteiger partial charge in [-0.2, -0.15) is 31.4 Å². The molecule has 1 aliphatic heterocycles. The lowest BCUT2D eigenvalue weighted by Crippen LogP contribution is -2.41. The van der Waals surface area contributed by atoms with Crippen LogP contribution < -0.4 is 10.1 Å². The monoisotopic (exact) mass is 565 g/mol. The Morgan fingerprint density at radius 3 is 2.26 bits per heavy atom. The second-order valence-electron chi connectivity index (χ2n) is 8.48. The number of hydrogen-bond donors (Lipinski definition) is 1. The number of carbonyl (C=O) groups is 2. The Morgan fingerprint density at radius 1 is 1.08 bits per heavy atom. The summed E-state index contributed by atoms with van der Waals surface area (Å²) in [5, 5.41) is 7.32. The molecule has 14 heteroatoms. The fourth-order valence-corrected chi connectivity index (χ4v) is 4.20. The van der Waals surface area contributed by atoms with Crippen LogP contribution in [0.25, 0.3) is 0 Å². The smallest absolute Gasteiger partial charge is 0.419 e. The number of nitrogens with zero attached hydrogens (tertiary/aromatic N) is 2. The molecule has 2 aromatic rings. The van der Waals surface area contributed by atoms with Gasteiger partial charge in [-0.1, -0.05) is 17.7 Å². The first-order valence-electron chi connectivity index (χ1n) is 11.0. The summed E-state index contributed by atoms with van der Waals surface area (Å²) < 4.78 is 88.6. The van der Waals surface area contributed by atoms with Crippen LogP contribution >= 0.6 is 11.6 Å². The van der Waals surface area contributed by atoms with Gasteiger partial charge in [0.05, 0.1) is 42.1 Å². The highest BCUT2D eigenvalue weighted by Crippen LogP contribution is 2.39. The minimum absolute atomic E-state index is 0.0194. The van der Waals surface area contributed by atoms with Crippen molar-refractivity contribution in [2.24, 2.45) is 10.5 Å². The molecule has 7 nitrogen and oxygen atoms in total. The topological polar surface area (TPSA) is 80.2 Å². The molecule has 1 N–H and O–H groups in total. The highest BCUT2D eigenvalue weighted by atomic mass is 35.5. The molecule has 0 aliphatic carbocycles. The number of hydrogen-bond acceptors (Lipinski definition) is 6. The van der Waals surface area contributed by atoms with Gasteiger partial charge in [0.2, 0.25) is 5.91 Å². The van der Waals surface area contributed by atoms with Gasteiger partial charge in [0.25, 0.3) is 0 Å². The van der Waals surface area contributed by atoms with Gasteiger partial charge in [0, 0.05) is 17.3 Å². The van der Waals surface area contributed by atoms with Crippen LogP contribution in [-0.2, 0) is 26.7 Å². The summed E-state index contributed by atoms with van der Waals surface area (Å²) in [6.45, 7) is 2.46. The standard InChI is InChI=1S/C24H22ClF6N3O4/c1-4-38-21(36)22(2)12-34(33-20(22)13-5-7-15(17(25)9-13)23(26,27)28)11-19(35)32-14-6-8-16(24(29,30)31)18(10-14)37-3/h5-10H,4,11-12H2,1-3H3,(H,32,35). The van der Waals surface area contributed by atoms with Gasteiger partial charge in [-0.15, -0.1) is 0 Å². The average molecular weight is 566 g/mol. The van der Waals surface area contributed by atoms with Crippen molar-refractivity contribution in [3.63, 3.8) is 0 Å². The highest BCUT2D eigenvalue weighted by Gasteiger charge is 2.47. The number of methoxy groups -OCH3 is 1. The number of carbonyl (C=O) groups excluding carboxylic acids is 2. The number of alkyl halides is 6. The van der Waals surface area contributed by atoms with Gasteiger partial charge in [0.1, 0.15) is 17.7 Å². The molecule has 206 valence electrons. The Morgan fingerprint density at radius 2 is 1.71 bits per heavy atom. The normalized spacial score (nSPS) is 17.7. The van der Waals surface area contributed by atoms with Crippen molar-refractivity contribution in [2.45, 2.75) is 26.2 Å². The van der Waals surface area contributed by atoms with Gasteiger partial charge < -0.3 is 14.8 Å². The molecule has 38 heavy (non-hydrogen) atoms. The number of amides is 1. The summed E-state index contributed by atoms with van der Waals surface area (Å²) in [5.41, 5.74) is -3.37. The summed E-state index contributed by atoms with van der Waals surface area (Å²) in [6.07, 6.45) is -9.35. The number of esters is 1. The van der Waals surface area contributed by atoms with Crippen LogP contribution in [0.1, 0.15) is 30.5 Å². The van der Waals surface area contributed by atoms with E-state index in [0.717, 1.165) is 43.5 Å². The Kier molecular flexibility index (Phi) is 8.20. The van der Waals surface area contributed by atoms with Crippen molar-refractivity contribution >= 4 is 34.9 Å². The van der Waals surface area contributed by atoms with Crippen molar-refractivity contribution < 1.29 is 45.4 Å². The Hall–Kier alpha value is -3.48. The van der Waals surface area contributed by atoms with Crippen molar-refractivity contribution in [3.05, 3.63) is 58.1 Å². The van der Waals surface area contributed by atoms with Crippen molar-refractivity contribution in [1.29, 1.82) is 0 Å². The number of halogens is 7. The second kappa shape index (κ2) is 10.7. The molecule has 1 aliphatic rings. The van der Waals surface area contributed by atoms with E-state index in [4.69, 9.17) is 21.1 Å². The molecule has 0 saturated carbocycles. The minimum atomic E-state index is -4.69. The molecule has 0 radical (unpaired) electrons. The van der Waals surface area contributed by atoms with Crippen molar-refractivity contribution in [3.8, 4) is 5.75 Å². The van der Waals surface area contributed by atoms with Gasteiger partial charge in [-0.3, -0.25) is 14.6 Å². The maximum atomic E-state index is 13.1. The summed E-state index contributed by atoms with van der Waals surface area (Å²) in [6, 6.07) is 5.72. The first-order chi connectivity index (χ1) is 17.6. The molecule has 0 spiro atoms. The molecular formula is C24H22ClF6N3O4. The Balaban J connectivity index is 1.87. The third-order valence-electron chi connectivity index (χ3n) is 5.65. The van der Waals surface area contributed by atoms with Crippen LogP contribution in [-0.4, -0.2) is 49.4 Å². The summed E-state index contributed by atoms with van der Waals surface area (Å²) >= 11 is 5.85. The predicted octanol–water partition coefficient (Wildman–Crippen LogP) is 5.61. The van der Waals surface area contributed by atoms with Crippen LogP contribution in [0.2, 0.25) is 5.02 Å². The molecule has 1 amide bonds. The Bertz CT molecular complexity index is 1260. The van der Waals surface area contributed by atoms with Crippen molar-refractivity contribution in [1.82, 2.24) is 5.01 Å². The summed E-state index contributed by atoms with van der Waals surface area (Å²) in [7, 11) is 1.06. The fourth-order valence-electron chi connectivity index (χ4n) is 3.91. The number of ether oxygens (including phenoxy) is 2. The largest absolute Gasteiger partial charge is 0.496 e. The zero-order valence-electron chi connectivity index (χ0n) is 20.3. The van der Waals surface area contributed by atoms with E-state index in [2.05, 4.69) is 10.4 Å². The lowest BCUT2D eigenvalue weighted by molar-refractivity contribution is -0.150. The number of anilines is 1. The lowest BCUT2D eigenvalue weighted by atomic mass is 9.82. The van der Waals surface area contributed by atoms with Crippen molar-refractivity contribution in [2.75, 3.05) is 32.1 Å². The van der Waals surface area contributed by atoms with E-state index in [9.17, 15) is 35.9 Å². The van der Waals surface area contributed by atoms with Gasteiger partial charge in [-0.25, -0.2) is 0 Å². The van der Waals surface area contributed by atoms with E-state index in [-0.39, 0.29) is 30.1 Å². The average Bonchev–Trinajstić information content (AvgIpc) is 3.14. The minimum Gasteiger partial charge on any atom is -0.496 e. The molecule has 0 aromatic heterocycles. The van der Waals surface area contributed by atoms with Crippen LogP contribution in [0.3, 0.4) is 0 Å². The van der Waals surface area contributed by atoms with E-state index < -0.39 is 58.1 Å². The molecule has 2 aromatic carbocycles. The van der Waals surface area contributed by atoms with Gasteiger partial charge in [0.15, 0.2) is 0 Å². The maximum absolute atomic E-state index is 13.1. The number of nitrogens with one attached hydrogen (secondary N) is 1. The van der Waals surface area contributed by atoms with Crippen LogP contribution in [0.4, 0.5) is 32.0 Å². The first kappa shape index (κ1) is 29.1. The molecule has 1 unspecified atom stereocenters. The number of rotatable bonds is 7. The van der Waals surface area contributed by atoms with E-state index in [0.29, 0.717) is 0 Å². The summed E-state index contributed by atoms with van der Waals surface area (Å²) in [4.78, 5) is 25.5. The zero-order valence-corrected chi connectivity index (χ0v) is 21.0. The van der Waals surface area contributed by atoms with E-state index >= 15 is 0 Å². The maximum Gasteiger partial charge on any atom is 0.419 e. The number of benzene rings is 2. The van der Waals surface area contributed by atoms with E-state index in [1.165, 1.54) is 11.9 Å². The molecule has 0 bridgehead atoms. The third-order valence-corrected chi connectivity index (χ3v) is 5.97. The number of hydrazone groups is 1. The summed E-state index contributed by atoms with van der Waals surface area (Å²) in [5.74, 6) is -1.90. The van der Waals surface area contributed by atoms with Gasteiger partial charge in [-0.05, 0) is 38.1 Å². The third kappa shape index (κ3) is 6.14. The van der Waals surface area contributed by atoms with E-state index in [1.54, 1.807) is 6.92 Å². The molecule has 3 rings (SSSR count). The zero-order chi connectivity index (χ0) is 28.5. The molecule has 1 heterocycles. The highest BCUT2D eigenvalue weighted by molar-refractivity contribution is 6.32. The lowest BCUT2D eigenvalue weighted by Gasteiger charge is -2.24. The molecular weight excluding hydrogens is 544 g/mol. The van der Waals surface area contributed by atoms with E-state index in [1.807, 2.05) is 0 Å². The van der Waals surface area contributed by atoms with Crippen LogP contribution in [0.5, 0.6) is 5.75 Å². The molecule has 0 fully saturated rings. The SMILES string of the molecule is CCOC(=O)C1(C)CN(CC(=O)Nc2ccc(C(F)(F)F)c(OC)c2)N=C1c1ccc(C(F)(F)F)c(Cl)c1. The first-order valence-corrected chi connectivity index (χ1v) is 11.4.